The first-order valence-electron chi connectivity index (χ1n) is 9.25. The third-order valence-corrected chi connectivity index (χ3v) is 4.82. The van der Waals surface area contributed by atoms with E-state index in [0.717, 1.165) is 28.1 Å². The molecule has 6 rings (SSSR count). The van der Waals surface area contributed by atoms with Crippen LogP contribution in [0, 0.1) is 0 Å². The van der Waals surface area contributed by atoms with Crippen LogP contribution in [0.2, 0.25) is 0 Å². The summed E-state index contributed by atoms with van der Waals surface area (Å²) in [6, 6.07) is 23.6. The van der Waals surface area contributed by atoms with E-state index in [1.54, 1.807) is 0 Å². The first-order valence-corrected chi connectivity index (χ1v) is 9.25. The Hall–Kier alpha value is -4.13. The minimum atomic E-state index is -0.508. The zero-order valence-electron chi connectivity index (χ0n) is 15.2. The molecule has 0 fully saturated rings. The quantitative estimate of drug-likeness (QED) is 0.547. The summed E-state index contributed by atoms with van der Waals surface area (Å²) >= 11 is 0. The number of fused-ring (bicyclic) bond motifs is 3. The molecule has 2 aliphatic heterocycles. The second kappa shape index (κ2) is 6.20. The summed E-state index contributed by atoms with van der Waals surface area (Å²) in [5.74, 6) is 2.11. The maximum atomic E-state index is 5.87. The largest absolute Gasteiger partial charge is 0.448 e. The van der Waals surface area contributed by atoms with Crippen molar-refractivity contribution in [1.29, 1.82) is 0 Å². The van der Waals surface area contributed by atoms with Crippen molar-refractivity contribution in [3.63, 3.8) is 0 Å². The van der Waals surface area contributed by atoms with Gasteiger partial charge < -0.3 is 19.8 Å². The molecule has 0 spiro atoms. The van der Waals surface area contributed by atoms with Crippen LogP contribution in [-0.4, -0.2) is 23.0 Å². The van der Waals surface area contributed by atoms with Gasteiger partial charge in [0.2, 0.25) is 0 Å². The molecule has 1 aromatic heterocycles. The molecule has 2 aliphatic rings. The molecule has 29 heavy (non-hydrogen) atoms. The Kier molecular flexibility index (Phi) is 3.40. The van der Waals surface area contributed by atoms with Gasteiger partial charge in [-0.3, -0.25) is 0 Å². The molecule has 3 heterocycles. The Labute approximate surface area is 165 Å². The molecule has 3 aromatic carbocycles. The molecular weight excluding hydrogens is 366 g/mol. The number of anilines is 1. The van der Waals surface area contributed by atoms with E-state index in [1.165, 1.54) is 0 Å². The van der Waals surface area contributed by atoms with Crippen molar-refractivity contribution in [2.45, 2.75) is 6.35 Å². The summed E-state index contributed by atoms with van der Waals surface area (Å²) in [5.41, 5.74) is 4.28. The molecule has 0 saturated carbocycles. The number of benzene rings is 3. The third kappa shape index (κ3) is 2.71. The van der Waals surface area contributed by atoms with Gasteiger partial charge in [-0.15, -0.1) is 0 Å². The Morgan fingerprint density at radius 2 is 1.59 bits per heavy atom. The molecule has 1 atom stereocenters. The van der Waals surface area contributed by atoms with Gasteiger partial charge in [0.05, 0.1) is 5.69 Å². The zero-order chi connectivity index (χ0) is 19.2. The van der Waals surface area contributed by atoms with E-state index in [1.807, 2.05) is 72.8 Å². The molecule has 7 heteroatoms. The lowest BCUT2D eigenvalue weighted by Crippen LogP contribution is -2.27. The number of ether oxygens (including phenoxy) is 1. The van der Waals surface area contributed by atoms with E-state index in [9.17, 15) is 0 Å². The lowest BCUT2D eigenvalue weighted by molar-refractivity contribution is 0.264. The van der Waals surface area contributed by atoms with Gasteiger partial charge in [-0.2, -0.15) is 9.98 Å². The molecule has 0 aliphatic carbocycles. The maximum absolute atomic E-state index is 5.87. The van der Waals surface area contributed by atoms with Gasteiger partial charge >= 0.3 is 6.01 Å². The molecule has 4 aromatic rings. The van der Waals surface area contributed by atoms with Crippen LogP contribution in [0.3, 0.4) is 0 Å². The number of aromatic nitrogens is 1. The average molecular weight is 381 g/mol. The smallest absolute Gasteiger partial charge is 0.324 e. The van der Waals surface area contributed by atoms with E-state index in [0.29, 0.717) is 23.3 Å². The van der Waals surface area contributed by atoms with Crippen molar-refractivity contribution in [1.82, 2.24) is 10.3 Å². The van der Waals surface area contributed by atoms with Gasteiger partial charge in [0.15, 0.2) is 5.58 Å². The topological polar surface area (TPSA) is 84.0 Å². The minimum Gasteiger partial charge on any atom is -0.448 e. The fraction of sp³-hybridized carbons (Fsp3) is 0.0455. The second-order valence-corrected chi connectivity index (χ2v) is 6.68. The molecule has 140 valence electrons. The number of hydrogen-bond acceptors (Lipinski definition) is 6. The van der Waals surface area contributed by atoms with E-state index in [4.69, 9.17) is 14.1 Å². The zero-order valence-corrected chi connectivity index (χ0v) is 15.2. The highest BCUT2D eigenvalue weighted by molar-refractivity contribution is 6.25. The Morgan fingerprint density at radius 3 is 2.45 bits per heavy atom. The predicted molar refractivity (Wildman–Crippen MR) is 111 cm³/mol. The summed E-state index contributed by atoms with van der Waals surface area (Å²) in [7, 11) is 0. The summed E-state index contributed by atoms with van der Waals surface area (Å²) in [5, 5.41) is 6.54. The van der Waals surface area contributed by atoms with Gasteiger partial charge in [0, 0.05) is 11.1 Å². The van der Waals surface area contributed by atoms with Gasteiger partial charge in [-0.05, 0) is 24.3 Å². The lowest BCUT2D eigenvalue weighted by atomic mass is 10.1. The molecular formula is C22H15N5O2. The van der Waals surface area contributed by atoms with E-state index >= 15 is 0 Å². The normalized spacial score (nSPS) is 19.7. The van der Waals surface area contributed by atoms with Gasteiger partial charge in [0.25, 0.3) is 6.35 Å². The molecule has 1 unspecified atom stereocenters. The van der Waals surface area contributed by atoms with Crippen molar-refractivity contribution >= 4 is 34.5 Å². The van der Waals surface area contributed by atoms with Crippen LogP contribution >= 0.6 is 0 Å². The van der Waals surface area contributed by atoms with Crippen molar-refractivity contribution < 1.29 is 9.15 Å². The number of amidine groups is 2. The number of para-hydroxylation sites is 4. The van der Waals surface area contributed by atoms with E-state index in [2.05, 4.69) is 20.6 Å². The molecule has 0 bridgehead atoms. The fourth-order valence-corrected chi connectivity index (χ4v) is 3.48. The standard InChI is InChI=1S/C22H15N5O2/c1-2-8-14-13(7-1)19(26-21-23-15-9-3-5-11-17(15)28-21)25-20(14)27-22-24-16-10-4-6-12-18(16)29-22/h1-12,21,23H,(H,24,25,26,27). The minimum absolute atomic E-state index is 0.299. The van der Waals surface area contributed by atoms with Gasteiger partial charge in [0.1, 0.15) is 22.9 Å². The Bertz CT molecular complexity index is 1250. The lowest BCUT2D eigenvalue weighted by Gasteiger charge is -2.07. The van der Waals surface area contributed by atoms with Crippen LogP contribution < -0.4 is 15.4 Å². The molecule has 0 radical (unpaired) electrons. The highest BCUT2D eigenvalue weighted by Crippen LogP contribution is 2.32. The molecule has 0 amide bonds. The number of nitrogens with zero attached hydrogens (tertiary/aromatic N) is 3. The number of nitrogens with one attached hydrogen (secondary N) is 2. The maximum Gasteiger partial charge on any atom is 0.324 e. The van der Waals surface area contributed by atoms with Crippen LogP contribution in [0.15, 0.2) is 87.2 Å². The number of hydrogen-bond donors (Lipinski definition) is 2. The highest BCUT2D eigenvalue weighted by Gasteiger charge is 2.27. The predicted octanol–water partition coefficient (Wildman–Crippen LogP) is 4.04. The second-order valence-electron chi connectivity index (χ2n) is 6.68. The first kappa shape index (κ1) is 15.9. The third-order valence-electron chi connectivity index (χ3n) is 4.82. The van der Waals surface area contributed by atoms with E-state index in [-0.39, 0.29) is 0 Å². The summed E-state index contributed by atoms with van der Waals surface area (Å²) in [6.07, 6.45) is -0.508. The number of rotatable bonds is 2. The SMILES string of the molecule is c1ccc2c(c1)NC(/N=C1\N/C(=N\c3nc4ccccc4o3)c3ccccc31)O2. The Morgan fingerprint density at radius 1 is 0.828 bits per heavy atom. The van der Waals surface area contributed by atoms with Gasteiger partial charge in [-0.25, -0.2) is 4.99 Å². The summed E-state index contributed by atoms with van der Waals surface area (Å²) in [6.45, 7) is 0. The monoisotopic (exact) mass is 381 g/mol. The van der Waals surface area contributed by atoms with Crippen LogP contribution in [0.4, 0.5) is 11.7 Å². The van der Waals surface area contributed by atoms with E-state index < -0.39 is 6.35 Å². The molecule has 0 saturated heterocycles. The van der Waals surface area contributed by atoms with Crippen LogP contribution in [0.1, 0.15) is 11.1 Å². The number of oxazole rings is 1. The molecule has 2 N–H and O–H groups in total. The van der Waals surface area contributed by atoms with Crippen LogP contribution in [-0.2, 0) is 0 Å². The number of aliphatic imine (C=N–C) groups is 2. The van der Waals surface area contributed by atoms with Crippen molar-refractivity contribution in [3.05, 3.63) is 83.9 Å². The van der Waals surface area contributed by atoms with Gasteiger partial charge in [-0.1, -0.05) is 48.5 Å². The van der Waals surface area contributed by atoms with Crippen molar-refractivity contribution in [3.8, 4) is 5.75 Å². The van der Waals surface area contributed by atoms with Crippen LogP contribution in [0.5, 0.6) is 5.75 Å². The molecule has 7 nitrogen and oxygen atoms in total. The average Bonchev–Trinajstić information content (AvgIpc) is 3.43. The van der Waals surface area contributed by atoms with Crippen molar-refractivity contribution in [2.75, 3.05) is 5.32 Å². The summed E-state index contributed by atoms with van der Waals surface area (Å²) in [4.78, 5) is 13.7. The van der Waals surface area contributed by atoms with Crippen LogP contribution in [0.25, 0.3) is 11.1 Å². The summed E-state index contributed by atoms with van der Waals surface area (Å²) < 4.78 is 11.6. The fourth-order valence-electron chi connectivity index (χ4n) is 3.48. The highest BCUT2D eigenvalue weighted by atomic mass is 16.5. The van der Waals surface area contributed by atoms with Crippen molar-refractivity contribution in [2.24, 2.45) is 9.98 Å². The first-order chi connectivity index (χ1) is 14.3. The Balaban J connectivity index is 1.36.